The molecule has 5 rings (SSSR count). The van der Waals surface area contributed by atoms with Crippen LogP contribution in [0.4, 0.5) is 0 Å². The summed E-state index contributed by atoms with van der Waals surface area (Å²) in [7, 11) is 0. The second-order valence-electron chi connectivity index (χ2n) is 7.05. The van der Waals surface area contributed by atoms with Gasteiger partial charge in [-0.2, -0.15) is 5.10 Å². The van der Waals surface area contributed by atoms with Crippen molar-refractivity contribution in [3.05, 3.63) is 60.0 Å². The molecule has 0 amide bonds. The lowest BCUT2D eigenvalue weighted by molar-refractivity contribution is 0.0994. The number of ketones is 1. The molecule has 0 bridgehead atoms. The van der Waals surface area contributed by atoms with Crippen LogP contribution in [0.2, 0.25) is 0 Å². The fraction of sp³-hybridized carbons (Fsp3) is 0.286. The molecule has 1 unspecified atom stereocenters. The zero-order chi connectivity index (χ0) is 17.5. The average molecular weight is 344 g/mol. The number of rotatable bonds is 3. The Balaban J connectivity index is 1.64. The van der Waals surface area contributed by atoms with Gasteiger partial charge in [0.05, 0.1) is 6.04 Å². The Kier molecular flexibility index (Phi) is 3.68. The number of hydrogen-bond donors (Lipinski definition) is 1. The molecule has 2 aromatic heterocycles. The molecular weight excluding hydrogens is 324 g/mol. The van der Waals surface area contributed by atoms with Crippen LogP contribution in [0.5, 0.6) is 0 Å². The quantitative estimate of drug-likeness (QED) is 0.792. The predicted molar refractivity (Wildman–Crippen MR) is 100 cm³/mol. The molecule has 0 spiro atoms. The summed E-state index contributed by atoms with van der Waals surface area (Å²) < 4.78 is 2.10. The molecule has 5 heteroatoms. The van der Waals surface area contributed by atoms with Crippen LogP contribution in [-0.4, -0.2) is 33.6 Å². The highest BCUT2D eigenvalue weighted by Crippen LogP contribution is 2.35. The lowest BCUT2D eigenvalue weighted by atomic mass is 9.98. The van der Waals surface area contributed by atoms with Crippen molar-refractivity contribution in [3.63, 3.8) is 0 Å². The van der Waals surface area contributed by atoms with Crippen molar-refractivity contribution in [3.8, 4) is 22.4 Å². The summed E-state index contributed by atoms with van der Waals surface area (Å²) in [5.41, 5.74) is 6.32. The zero-order valence-electron chi connectivity index (χ0n) is 14.5. The van der Waals surface area contributed by atoms with Gasteiger partial charge >= 0.3 is 0 Å². The van der Waals surface area contributed by atoms with Crippen molar-refractivity contribution >= 4 is 5.78 Å². The van der Waals surface area contributed by atoms with Crippen LogP contribution in [0.25, 0.3) is 22.4 Å². The van der Waals surface area contributed by atoms with Gasteiger partial charge in [-0.1, -0.05) is 18.2 Å². The number of hydrogen-bond acceptors (Lipinski definition) is 4. The lowest BCUT2D eigenvalue weighted by Crippen LogP contribution is -2.13. The van der Waals surface area contributed by atoms with Gasteiger partial charge in [-0.15, -0.1) is 0 Å². The summed E-state index contributed by atoms with van der Waals surface area (Å²) in [6.07, 6.45) is 8.32. The minimum absolute atomic E-state index is 0.258. The van der Waals surface area contributed by atoms with E-state index in [0.29, 0.717) is 12.5 Å². The summed E-state index contributed by atoms with van der Waals surface area (Å²) in [5, 5.41) is 8.34. The fourth-order valence-corrected chi connectivity index (χ4v) is 4.00. The highest BCUT2D eigenvalue weighted by molar-refractivity contribution is 6.01. The number of pyridine rings is 1. The molecule has 3 aromatic rings. The van der Waals surface area contributed by atoms with Gasteiger partial charge in [0, 0.05) is 48.2 Å². The maximum atomic E-state index is 11.9. The fourth-order valence-electron chi connectivity index (χ4n) is 4.00. The molecule has 1 aromatic carbocycles. The molecule has 1 aliphatic carbocycles. The Morgan fingerprint density at radius 2 is 1.92 bits per heavy atom. The SMILES string of the molecule is O=C1CCc2cc(-c3cn(C4CCNC4)nc3-c3ccncc3)ccc21. The molecule has 0 saturated carbocycles. The molecule has 26 heavy (non-hydrogen) atoms. The molecule has 1 N–H and O–H groups in total. The second kappa shape index (κ2) is 6.18. The Hall–Kier alpha value is -2.79. The Labute approximate surface area is 152 Å². The van der Waals surface area contributed by atoms with Gasteiger partial charge in [-0.3, -0.25) is 14.5 Å². The highest BCUT2D eigenvalue weighted by Gasteiger charge is 2.23. The van der Waals surface area contributed by atoms with Gasteiger partial charge in [-0.05, 0) is 42.6 Å². The van der Waals surface area contributed by atoms with Gasteiger partial charge in [0.15, 0.2) is 5.78 Å². The van der Waals surface area contributed by atoms with Crippen LogP contribution < -0.4 is 5.32 Å². The average Bonchev–Trinajstić information content (AvgIpc) is 3.42. The maximum Gasteiger partial charge on any atom is 0.163 e. The highest BCUT2D eigenvalue weighted by atomic mass is 16.1. The Bertz CT molecular complexity index is 971. The minimum Gasteiger partial charge on any atom is -0.315 e. The van der Waals surface area contributed by atoms with Crippen LogP contribution in [0.1, 0.15) is 34.8 Å². The van der Waals surface area contributed by atoms with Crippen LogP contribution in [0.3, 0.4) is 0 Å². The van der Waals surface area contributed by atoms with Crippen molar-refractivity contribution < 1.29 is 4.79 Å². The van der Waals surface area contributed by atoms with Crippen molar-refractivity contribution in [1.82, 2.24) is 20.1 Å². The number of carbonyl (C=O) groups is 1. The third-order valence-electron chi connectivity index (χ3n) is 5.43. The summed E-state index contributed by atoms with van der Waals surface area (Å²) in [5.74, 6) is 0.258. The van der Waals surface area contributed by atoms with Gasteiger partial charge in [0.25, 0.3) is 0 Å². The number of fused-ring (bicyclic) bond motifs is 1. The van der Waals surface area contributed by atoms with Gasteiger partial charge in [0.2, 0.25) is 0 Å². The van der Waals surface area contributed by atoms with Crippen LogP contribution in [0.15, 0.2) is 48.9 Å². The normalized spacial score (nSPS) is 19.1. The van der Waals surface area contributed by atoms with E-state index in [9.17, 15) is 4.79 Å². The smallest absolute Gasteiger partial charge is 0.163 e. The molecule has 130 valence electrons. The first kappa shape index (κ1) is 15.5. The zero-order valence-corrected chi connectivity index (χ0v) is 14.5. The molecule has 0 radical (unpaired) electrons. The summed E-state index contributed by atoms with van der Waals surface area (Å²) in [6.45, 7) is 1.99. The molecule has 1 fully saturated rings. The number of benzene rings is 1. The lowest BCUT2D eigenvalue weighted by Gasteiger charge is -2.08. The van der Waals surface area contributed by atoms with Crippen molar-refractivity contribution in [2.75, 3.05) is 13.1 Å². The maximum absolute atomic E-state index is 11.9. The van der Waals surface area contributed by atoms with E-state index >= 15 is 0 Å². The van der Waals surface area contributed by atoms with Crippen LogP contribution in [0, 0.1) is 0 Å². The summed E-state index contributed by atoms with van der Waals surface area (Å²) >= 11 is 0. The summed E-state index contributed by atoms with van der Waals surface area (Å²) in [6, 6.07) is 10.6. The third kappa shape index (κ3) is 2.56. The number of nitrogens with one attached hydrogen (secondary N) is 1. The van der Waals surface area contributed by atoms with E-state index in [2.05, 4.69) is 33.3 Å². The topological polar surface area (TPSA) is 59.8 Å². The Morgan fingerprint density at radius 1 is 1.04 bits per heavy atom. The van der Waals surface area contributed by atoms with Gasteiger partial charge in [-0.25, -0.2) is 0 Å². The first-order valence-corrected chi connectivity index (χ1v) is 9.16. The largest absolute Gasteiger partial charge is 0.315 e. The molecule has 2 aliphatic rings. The number of Topliss-reactive ketones (excluding diaryl/α,β-unsaturated/α-hetero) is 1. The van der Waals surface area contributed by atoms with E-state index in [1.807, 2.05) is 18.2 Å². The minimum atomic E-state index is 0.258. The van der Waals surface area contributed by atoms with Crippen molar-refractivity contribution in [2.24, 2.45) is 0 Å². The molecule has 1 aliphatic heterocycles. The first-order valence-electron chi connectivity index (χ1n) is 9.16. The molecule has 5 nitrogen and oxygen atoms in total. The predicted octanol–water partition coefficient (Wildman–Crippen LogP) is 3.28. The van der Waals surface area contributed by atoms with Gasteiger partial charge in [0.1, 0.15) is 5.69 Å². The van der Waals surface area contributed by atoms with E-state index < -0.39 is 0 Å². The van der Waals surface area contributed by atoms with Crippen LogP contribution >= 0.6 is 0 Å². The van der Waals surface area contributed by atoms with E-state index in [-0.39, 0.29) is 5.78 Å². The van der Waals surface area contributed by atoms with E-state index in [1.165, 1.54) is 0 Å². The first-order chi connectivity index (χ1) is 12.8. The molecular formula is C21H20N4O. The molecule has 1 saturated heterocycles. The third-order valence-corrected chi connectivity index (χ3v) is 5.43. The van der Waals surface area contributed by atoms with E-state index in [1.54, 1.807) is 12.4 Å². The Morgan fingerprint density at radius 3 is 2.73 bits per heavy atom. The van der Waals surface area contributed by atoms with Crippen molar-refractivity contribution in [2.45, 2.75) is 25.3 Å². The number of carbonyl (C=O) groups excluding carboxylic acids is 1. The molecule has 3 heterocycles. The molecule has 1 atom stereocenters. The number of nitrogens with zero attached hydrogens (tertiary/aromatic N) is 3. The van der Waals surface area contributed by atoms with Gasteiger partial charge < -0.3 is 5.32 Å². The van der Waals surface area contributed by atoms with Crippen LogP contribution in [-0.2, 0) is 6.42 Å². The second-order valence-corrected chi connectivity index (χ2v) is 7.05. The van der Waals surface area contributed by atoms with E-state index in [4.69, 9.17) is 5.10 Å². The number of aryl methyl sites for hydroxylation is 1. The summed E-state index contributed by atoms with van der Waals surface area (Å²) in [4.78, 5) is 16.1. The van der Waals surface area contributed by atoms with E-state index in [0.717, 1.165) is 59.4 Å². The monoisotopic (exact) mass is 344 g/mol. The standard InChI is InChI=1S/C21H20N4O/c26-20-4-2-15-11-16(1-3-18(15)20)19-13-25(17-7-10-23-12-17)24-21(19)14-5-8-22-9-6-14/h1,3,5-6,8-9,11,13,17,23H,2,4,7,10,12H2. The van der Waals surface area contributed by atoms with Crippen molar-refractivity contribution in [1.29, 1.82) is 0 Å². The number of aromatic nitrogens is 3.